The van der Waals surface area contributed by atoms with Gasteiger partial charge in [0.2, 0.25) is 0 Å². The number of carbonyl (C=O) groups excluding carboxylic acids is 1. The van der Waals surface area contributed by atoms with Crippen molar-refractivity contribution in [2.75, 3.05) is 0 Å². The van der Waals surface area contributed by atoms with Crippen molar-refractivity contribution in [3.8, 4) is 0 Å². The second-order valence-electron chi connectivity index (χ2n) is 2.77. The van der Waals surface area contributed by atoms with Gasteiger partial charge < -0.3 is 0 Å². The Bertz CT molecular complexity index is 329. The molecule has 0 spiro atoms. The van der Waals surface area contributed by atoms with Crippen LogP contribution in [0.5, 0.6) is 0 Å². The van der Waals surface area contributed by atoms with E-state index in [1.807, 2.05) is 31.2 Å². The van der Waals surface area contributed by atoms with Crippen molar-refractivity contribution in [1.82, 2.24) is 0 Å². The van der Waals surface area contributed by atoms with Crippen molar-refractivity contribution in [2.45, 2.75) is 13.3 Å². The zero-order valence-corrected chi connectivity index (χ0v) is 9.04. The molecule has 0 heterocycles. The zero-order valence-electron chi connectivity index (χ0n) is 7.46. The van der Waals surface area contributed by atoms with Crippen molar-refractivity contribution < 1.29 is 4.79 Å². The minimum Gasteiger partial charge on any atom is -0.294 e. The summed E-state index contributed by atoms with van der Waals surface area (Å²) >= 11 is 3.36. The van der Waals surface area contributed by atoms with Crippen LogP contribution in [0.2, 0.25) is 0 Å². The molecule has 0 aliphatic heterocycles. The van der Waals surface area contributed by atoms with Gasteiger partial charge in [-0.3, -0.25) is 4.79 Å². The fraction of sp³-hybridized carbons (Fsp3) is 0.182. The van der Waals surface area contributed by atoms with Crippen molar-refractivity contribution >= 4 is 21.7 Å². The zero-order chi connectivity index (χ0) is 9.68. The molecule has 0 atom stereocenters. The highest BCUT2D eigenvalue weighted by atomic mass is 79.9. The van der Waals surface area contributed by atoms with Crippen LogP contribution in [0, 0.1) is 0 Å². The maximum atomic E-state index is 11.2. The van der Waals surface area contributed by atoms with Crippen LogP contribution < -0.4 is 0 Å². The van der Waals surface area contributed by atoms with Gasteiger partial charge in [0.05, 0.1) is 0 Å². The lowest BCUT2D eigenvalue weighted by Gasteiger charge is -1.97. The third-order valence-electron chi connectivity index (χ3n) is 1.62. The highest BCUT2D eigenvalue weighted by Gasteiger charge is 1.99. The summed E-state index contributed by atoms with van der Waals surface area (Å²) in [6.45, 7) is 1.85. The highest BCUT2D eigenvalue weighted by Crippen LogP contribution is 2.12. The van der Waals surface area contributed by atoms with E-state index in [2.05, 4.69) is 15.9 Å². The van der Waals surface area contributed by atoms with Crippen LogP contribution in [-0.4, -0.2) is 5.78 Å². The quantitative estimate of drug-likeness (QED) is 0.740. The summed E-state index contributed by atoms with van der Waals surface area (Å²) < 4.78 is 1.01. The molecule has 0 fully saturated rings. The minimum absolute atomic E-state index is 0.139. The summed E-state index contributed by atoms with van der Waals surface area (Å²) in [5, 5.41) is 0. The predicted octanol–water partition coefficient (Wildman–Crippen LogP) is 3.14. The summed E-state index contributed by atoms with van der Waals surface area (Å²) in [4.78, 5) is 11.2. The summed E-state index contributed by atoms with van der Waals surface area (Å²) in [7, 11) is 0. The van der Waals surface area contributed by atoms with Crippen LogP contribution in [0.15, 0.2) is 40.9 Å². The van der Waals surface area contributed by atoms with Gasteiger partial charge in [0, 0.05) is 10.9 Å². The molecule has 0 amide bonds. The van der Waals surface area contributed by atoms with Gasteiger partial charge in [-0.15, -0.1) is 0 Å². The second kappa shape index (κ2) is 4.97. The first kappa shape index (κ1) is 10.2. The van der Waals surface area contributed by atoms with Gasteiger partial charge >= 0.3 is 0 Å². The summed E-state index contributed by atoms with van der Waals surface area (Å²) in [5.74, 6) is 0.139. The molecule has 0 radical (unpaired) electrons. The molecule has 0 aliphatic rings. The first-order valence-electron chi connectivity index (χ1n) is 4.12. The van der Waals surface area contributed by atoms with Gasteiger partial charge in [-0.05, 0) is 30.7 Å². The van der Waals surface area contributed by atoms with Crippen LogP contribution in [0.4, 0.5) is 0 Å². The van der Waals surface area contributed by atoms with Gasteiger partial charge in [-0.2, -0.15) is 0 Å². The first-order valence-corrected chi connectivity index (χ1v) is 4.91. The largest absolute Gasteiger partial charge is 0.294 e. The number of hydrogen-bond donors (Lipinski definition) is 0. The number of halogens is 1. The minimum atomic E-state index is 0.139. The standard InChI is InChI=1S/C11H11BrO/c1-2-4-11(13)8-9-5-3-6-10(12)7-9/h2-7H,8H2,1H3/b4-2+. The van der Waals surface area contributed by atoms with E-state index in [0.717, 1.165) is 10.0 Å². The smallest absolute Gasteiger partial charge is 0.159 e. The van der Waals surface area contributed by atoms with Crippen LogP contribution in [0.3, 0.4) is 0 Å². The summed E-state index contributed by atoms with van der Waals surface area (Å²) in [5.41, 5.74) is 1.04. The average Bonchev–Trinajstić information content (AvgIpc) is 2.04. The molecule has 1 rings (SSSR count). The maximum Gasteiger partial charge on any atom is 0.159 e. The average molecular weight is 239 g/mol. The fourth-order valence-electron chi connectivity index (χ4n) is 1.09. The Kier molecular flexibility index (Phi) is 3.90. The van der Waals surface area contributed by atoms with Crippen LogP contribution in [-0.2, 0) is 11.2 Å². The summed E-state index contributed by atoms with van der Waals surface area (Å²) in [6, 6.07) is 7.79. The van der Waals surface area contributed by atoms with E-state index < -0.39 is 0 Å². The monoisotopic (exact) mass is 238 g/mol. The molecule has 13 heavy (non-hydrogen) atoms. The van der Waals surface area contributed by atoms with Gasteiger partial charge in [0.25, 0.3) is 0 Å². The Morgan fingerprint density at radius 1 is 1.54 bits per heavy atom. The molecule has 0 bridgehead atoms. The van der Waals surface area contributed by atoms with Crippen molar-refractivity contribution in [2.24, 2.45) is 0 Å². The second-order valence-corrected chi connectivity index (χ2v) is 3.69. The maximum absolute atomic E-state index is 11.2. The van der Waals surface area contributed by atoms with E-state index in [0.29, 0.717) is 6.42 Å². The van der Waals surface area contributed by atoms with Crippen molar-refractivity contribution in [3.63, 3.8) is 0 Å². The number of benzene rings is 1. The van der Waals surface area contributed by atoms with E-state index in [1.165, 1.54) is 0 Å². The third kappa shape index (κ3) is 3.55. The Balaban J connectivity index is 2.69. The molecule has 0 saturated carbocycles. The number of rotatable bonds is 3. The molecule has 68 valence electrons. The number of allylic oxidation sites excluding steroid dienone is 2. The Hall–Kier alpha value is -0.890. The van der Waals surface area contributed by atoms with Crippen molar-refractivity contribution in [1.29, 1.82) is 0 Å². The van der Waals surface area contributed by atoms with Gasteiger partial charge in [-0.25, -0.2) is 0 Å². The van der Waals surface area contributed by atoms with E-state index in [-0.39, 0.29) is 5.78 Å². The molecule has 0 aromatic heterocycles. The molecule has 0 saturated heterocycles. The number of hydrogen-bond acceptors (Lipinski definition) is 1. The van der Waals surface area contributed by atoms with Crippen molar-refractivity contribution in [3.05, 3.63) is 46.5 Å². The number of carbonyl (C=O) groups is 1. The first-order chi connectivity index (χ1) is 6.22. The van der Waals surface area contributed by atoms with Gasteiger partial charge in [0.1, 0.15) is 0 Å². The lowest BCUT2D eigenvalue weighted by molar-refractivity contribution is -0.114. The van der Waals surface area contributed by atoms with E-state index >= 15 is 0 Å². The summed E-state index contributed by atoms with van der Waals surface area (Å²) in [6.07, 6.45) is 3.84. The van der Waals surface area contributed by atoms with E-state index in [9.17, 15) is 4.79 Å². The lowest BCUT2D eigenvalue weighted by Crippen LogP contribution is -1.97. The molecular weight excluding hydrogens is 228 g/mol. The topological polar surface area (TPSA) is 17.1 Å². The Morgan fingerprint density at radius 2 is 2.31 bits per heavy atom. The molecular formula is C11H11BrO. The molecule has 1 aromatic rings. The SMILES string of the molecule is C/C=C/C(=O)Cc1cccc(Br)c1. The Morgan fingerprint density at radius 3 is 2.92 bits per heavy atom. The normalized spacial score (nSPS) is 10.6. The van der Waals surface area contributed by atoms with Crippen LogP contribution in [0.25, 0.3) is 0 Å². The molecule has 0 aliphatic carbocycles. The van der Waals surface area contributed by atoms with E-state index in [4.69, 9.17) is 0 Å². The molecule has 2 heteroatoms. The highest BCUT2D eigenvalue weighted by molar-refractivity contribution is 9.10. The fourth-order valence-corrected chi connectivity index (χ4v) is 1.54. The predicted molar refractivity (Wildman–Crippen MR) is 57.7 cm³/mol. The van der Waals surface area contributed by atoms with Gasteiger partial charge in [-0.1, -0.05) is 34.1 Å². The molecule has 1 aromatic carbocycles. The van der Waals surface area contributed by atoms with E-state index in [1.54, 1.807) is 12.2 Å². The number of ketones is 1. The van der Waals surface area contributed by atoms with Crippen LogP contribution >= 0.6 is 15.9 Å². The molecule has 1 nitrogen and oxygen atoms in total. The Labute approximate surface area is 86.6 Å². The molecule has 0 unspecified atom stereocenters. The third-order valence-corrected chi connectivity index (χ3v) is 2.11. The van der Waals surface area contributed by atoms with Crippen LogP contribution in [0.1, 0.15) is 12.5 Å². The molecule has 0 N–H and O–H groups in total. The lowest BCUT2D eigenvalue weighted by atomic mass is 10.1. The van der Waals surface area contributed by atoms with Gasteiger partial charge in [0.15, 0.2) is 5.78 Å².